The summed E-state index contributed by atoms with van der Waals surface area (Å²) < 4.78 is 2.05. The van der Waals surface area contributed by atoms with Crippen LogP contribution in [0.5, 0.6) is 0 Å². The Labute approximate surface area is 93.6 Å². The molecule has 1 atom stereocenters. The van der Waals surface area contributed by atoms with Gasteiger partial charge in [-0.2, -0.15) is 0 Å². The highest BCUT2D eigenvalue weighted by molar-refractivity contribution is 5.87. The fourth-order valence-corrected chi connectivity index (χ4v) is 2.18. The molecule has 0 saturated heterocycles. The van der Waals surface area contributed by atoms with Crippen LogP contribution in [-0.2, 0) is 6.54 Å². The van der Waals surface area contributed by atoms with Crippen molar-refractivity contribution in [3.05, 3.63) is 30.6 Å². The molecule has 0 amide bonds. The number of aromatic nitrogens is 2. The van der Waals surface area contributed by atoms with E-state index < -0.39 is 0 Å². The van der Waals surface area contributed by atoms with E-state index in [-0.39, 0.29) is 12.1 Å². The second-order valence-electron chi connectivity index (χ2n) is 4.58. The highest BCUT2D eigenvalue weighted by Crippen LogP contribution is 2.25. The third-order valence-corrected chi connectivity index (χ3v) is 3.07. The molecule has 1 unspecified atom stereocenters. The van der Waals surface area contributed by atoms with Gasteiger partial charge < -0.3 is 5.11 Å². The van der Waals surface area contributed by atoms with Gasteiger partial charge in [-0.25, -0.2) is 4.57 Å². The van der Waals surface area contributed by atoms with Gasteiger partial charge in [0, 0.05) is 0 Å². The standard InChI is InChI=1S/C12H13N3O/c1-12(7-16)6-15-8-13-10-5-3-2-4-9(10)11(15)14-12/h2-5,8,16H,6-7H2,1H3/p+1. The molecule has 2 aromatic rings. The molecule has 0 spiro atoms. The normalized spacial score (nSPS) is 23.1. The molecule has 0 bridgehead atoms. The minimum Gasteiger partial charge on any atom is -0.392 e. The second-order valence-corrected chi connectivity index (χ2v) is 4.58. The van der Waals surface area contributed by atoms with Gasteiger partial charge in [-0.15, -0.1) is 4.98 Å². The van der Waals surface area contributed by atoms with E-state index in [4.69, 9.17) is 0 Å². The molecular weight excluding hydrogens is 202 g/mol. The Balaban J connectivity index is 2.21. The molecular formula is C12H14N3O+. The molecule has 2 N–H and O–H groups in total. The molecule has 0 aliphatic carbocycles. The van der Waals surface area contributed by atoms with Gasteiger partial charge in [-0.3, -0.25) is 5.32 Å². The third-order valence-electron chi connectivity index (χ3n) is 3.07. The molecule has 16 heavy (non-hydrogen) atoms. The van der Waals surface area contributed by atoms with E-state index in [0.717, 1.165) is 23.3 Å². The maximum absolute atomic E-state index is 9.37. The molecule has 0 saturated carbocycles. The molecule has 0 radical (unpaired) electrons. The summed E-state index contributed by atoms with van der Waals surface area (Å²) in [5, 5.41) is 13.8. The van der Waals surface area contributed by atoms with Crippen molar-refractivity contribution in [2.45, 2.75) is 19.0 Å². The predicted octanol–water partition coefficient (Wildman–Crippen LogP) is 0.699. The summed E-state index contributed by atoms with van der Waals surface area (Å²) in [7, 11) is 0. The summed E-state index contributed by atoms with van der Waals surface area (Å²) in [6.45, 7) is 2.87. The SMILES string of the molecule is CC1(CO)C[n+]2cnc3ccccc3c2N1. The molecule has 0 fully saturated rings. The molecule has 1 aliphatic rings. The molecule has 1 aromatic heterocycles. The van der Waals surface area contributed by atoms with E-state index in [1.54, 1.807) is 0 Å². The highest BCUT2D eigenvalue weighted by atomic mass is 16.3. The van der Waals surface area contributed by atoms with Crippen LogP contribution in [0.2, 0.25) is 0 Å². The number of fused-ring (bicyclic) bond motifs is 3. The van der Waals surface area contributed by atoms with E-state index in [1.165, 1.54) is 0 Å². The van der Waals surface area contributed by atoms with Crippen LogP contribution < -0.4 is 9.88 Å². The van der Waals surface area contributed by atoms with Crippen LogP contribution in [0.15, 0.2) is 30.6 Å². The third kappa shape index (κ3) is 1.27. The van der Waals surface area contributed by atoms with Crippen LogP contribution >= 0.6 is 0 Å². The zero-order chi connectivity index (χ0) is 11.2. The van der Waals surface area contributed by atoms with Crippen molar-refractivity contribution < 1.29 is 9.67 Å². The minimum atomic E-state index is -0.279. The lowest BCUT2D eigenvalue weighted by Gasteiger charge is -2.15. The zero-order valence-electron chi connectivity index (χ0n) is 9.14. The van der Waals surface area contributed by atoms with Gasteiger partial charge in [0.15, 0.2) is 5.52 Å². The predicted molar refractivity (Wildman–Crippen MR) is 61.1 cm³/mol. The van der Waals surface area contributed by atoms with Crippen molar-refractivity contribution in [3.8, 4) is 0 Å². The second kappa shape index (κ2) is 3.15. The van der Waals surface area contributed by atoms with E-state index in [2.05, 4.69) is 14.9 Å². The Morgan fingerprint density at radius 3 is 3.12 bits per heavy atom. The maximum Gasteiger partial charge on any atom is 0.233 e. The van der Waals surface area contributed by atoms with Crippen LogP contribution in [0.3, 0.4) is 0 Å². The highest BCUT2D eigenvalue weighted by Gasteiger charge is 2.38. The van der Waals surface area contributed by atoms with Gasteiger partial charge in [-0.05, 0) is 19.1 Å². The van der Waals surface area contributed by atoms with Crippen LogP contribution in [0.1, 0.15) is 6.92 Å². The van der Waals surface area contributed by atoms with Crippen molar-refractivity contribution >= 4 is 16.7 Å². The average molecular weight is 216 g/mol. The quantitative estimate of drug-likeness (QED) is 0.690. The summed E-state index contributed by atoms with van der Waals surface area (Å²) >= 11 is 0. The fourth-order valence-electron chi connectivity index (χ4n) is 2.18. The van der Waals surface area contributed by atoms with Gasteiger partial charge in [0.05, 0.1) is 12.0 Å². The number of rotatable bonds is 1. The summed E-state index contributed by atoms with van der Waals surface area (Å²) in [6.07, 6.45) is 1.82. The van der Waals surface area contributed by atoms with Gasteiger partial charge in [-0.1, -0.05) is 12.1 Å². The topological polar surface area (TPSA) is 49.0 Å². The first-order valence-corrected chi connectivity index (χ1v) is 5.38. The Bertz CT molecular complexity index is 555. The van der Waals surface area contributed by atoms with Crippen LogP contribution in [0.4, 0.5) is 5.82 Å². The maximum atomic E-state index is 9.37. The summed E-state index contributed by atoms with van der Waals surface area (Å²) in [4.78, 5) is 4.39. The first-order chi connectivity index (χ1) is 7.72. The lowest BCUT2D eigenvalue weighted by atomic mass is 10.1. The largest absolute Gasteiger partial charge is 0.392 e. The van der Waals surface area contributed by atoms with Crippen molar-refractivity contribution in [1.82, 2.24) is 4.98 Å². The summed E-state index contributed by atoms with van der Waals surface area (Å²) in [5.74, 6) is 1.04. The van der Waals surface area contributed by atoms with Crippen molar-refractivity contribution in [1.29, 1.82) is 0 Å². The zero-order valence-corrected chi connectivity index (χ0v) is 9.14. The molecule has 1 aromatic carbocycles. The number of aliphatic hydroxyl groups is 1. The van der Waals surface area contributed by atoms with Gasteiger partial charge in [0.25, 0.3) is 0 Å². The van der Waals surface area contributed by atoms with Crippen molar-refractivity contribution in [2.24, 2.45) is 0 Å². The number of anilines is 1. The van der Waals surface area contributed by atoms with Crippen molar-refractivity contribution in [2.75, 3.05) is 11.9 Å². The Morgan fingerprint density at radius 1 is 1.50 bits per heavy atom. The molecule has 4 nitrogen and oxygen atoms in total. The lowest BCUT2D eigenvalue weighted by molar-refractivity contribution is -0.679. The molecule has 1 aliphatic heterocycles. The number of hydrogen-bond acceptors (Lipinski definition) is 3. The average Bonchev–Trinajstić information content (AvgIpc) is 2.67. The fraction of sp³-hybridized carbons (Fsp3) is 0.333. The van der Waals surface area contributed by atoms with E-state index in [1.807, 2.05) is 37.5 Å². The molecule has 82 valence electrons. The summed E-state index contributed by atoms with van der Waals surface area (Å²) in [5.41, 5.74) is 0.696. The monoisotopic (exact) mass is 216 g/mol. The van der Waals surface area contributed by atoms with E-state index >= 15 is 0 Å². The Kier molecular flexibility index (Phi) is 1.88. The molecule has 3 rings (SSSR count). The molecule has 4 heteroatoms. The van der Waals surface area contributed by atoms with Crippen LogP contribution in [0, 0.1) is 0 Å². The molecule has 2 heterocycles. The number of nitrogens with zero attached hydrogens (tertiary/aromatic N) is 2. The first kappa shape index (κ1) is 9.54. The van der Waals surface area contributed by atoms with Gasteiger partial charge in [0.2, 0.25) is 12.1 Å². The smallest absolute Gasteiger partial charge is 0.233 e. The lowest BCUT2D eigenvalue weighted by Crippen LogP contribution is -2.42. The number of aliphatic hydroxyl groups excluding tert-OH is 1. The van der Waals surface area contributed by atoms with Crippen molar-refractivity contribution in [3.63, 3.8) is 0 Å². The Hall–Kier alpha value is -1.68. The van der Waals surface area contributed by atoms with Crippen LogP contribution in [0.25, 0.3) is 10.9 Å². The minimum absolute atomic E-state index is 0.114. The van der Waals surface area contributed by atoms with Crippen LogP contribution in [-0.4, -0.2) is 22.2 Å². The van der Waals surface area contributed by atoms with E-state index in [0.29, 0.717) is 0 Å². The number of para-hydroxylation sites is 1. The van der Waals surface area contributed by atoms with Gasteiger partial charge in [0.1, 0.15) is 12.1 Å². The first-order valence-electron chi connectivity index (χ1n) is 5.38. The summed E-state index contributed by atoms with van der Waals surface area (Å²) in [6, 6.07) is 8.02. The van der Waals surface area contributed by atoms with E-state index in [9.17, 15) is 5.11 Å². The number of benzene rings is 1. The number of nitrogens with one attached hydrogen (secondary N) is 1. The Morgan fingerprint density at radius 2 is 2.31 bits per heavy atom. The number of hydrogen-bond donors (Lipinski definition) is 2. The van der Waals surface area contributed by atoms with Gasteiger partial charge >= 0.3 is 0 Å².